The van der Waals surface area contributed by atoms with Gasteiger partial charge in [-0.1, -0.05) is 26.2 Å². The molecule has 1 aromatic carbocycles. The zero-order chi connectivity index (χ0) is 33.6. The molecule has 1 fully saturated rings. The minimum Gasteiger partial charge on any atom is -0.490 e. The highest BCUT2D eigenvalue weighted by Crippen LogP contribution is 2.29. The summed E-state index contributed by atoms with van der Waals surface area (Å²) in [7, 11) is 5.81. The van der Waals surface area contributed by atoms with Crippen LogP contribution in [-0.2, 0) is 9.53 Å². The molecule has 11 heteroatoms. The molecule has 3 N–H and O–H groups in total. The number of hydrogen-bond donors (Lipinski definition) is 3. The molecule has 1 saturated carbocycles. The third-order valence-electron chi connectivity index (χ3n) is 9.13. The summed E-state index contributed by atoms with van der Waals surface area (Å²) in [5.74, 6) is 0.0901. The van der Waals surface area contributed by atoms with E-state index in [0.717, 1.165) is 57.9 Å². The quantitative estimate of drug-likeness (QED) is 0.336. The lowest BCUT2D eigenvalue weighted by Gasteiger charge is -2.36. The number of anilines is 1. The molecule has 4 atom stereocenters. The number of ether oxygens (including phenoxy) is 2. The van der Waals surface area contributed by atoms with Gasteiger partial charge in [0.2, 0.25) is 5.91 Å². The third-order valence-corrected chi connectivity index (χ3v) is 9.13. The lowest BCUT2D eigenvalue weighted by molar-refractivity contribution is -0.132. The van der Waals surface area contributed by atoms with E-state index in [1.165, 1.54) is 6.42 Å². The predicted octanol–water partition coefficient (Wildman–Crippen LogP) is 4.74. The van der Waals surface area contributed by atoms with Gasteiger partial charge >= 0.3 is 6.03 Å². The van der Waals surface area contributed by atoms with E-state index in [1.54, 1.807) is 28.0 Å². The maximum absolute atomic E-state index is 14.3. The van der Waals surface area contributed by atoms with Gasteiger partial charge < -0.3 is 39.9 Å². The van der Waals surface area contributed by atoms with Crippen molar-refractivity contribution in [2.24, 2.45) is 5.92 Å². The van der Waals surface area contributed by atoms with Crippen molar-refractivity contribution in [3.8, 4) is 5.75 Å². The maximum atomic E-state index is 14.3. The zero-order valence-electron chi connectivity index (χ0n) is 29.1. The van der Waals surface area contributed by atoms with E-state index in [9.17, 15) is 19.5 Å². The Morgan fingerprint density at radius 1 is 1.07 bits per heavy atom. The summed E-state index contributed by atoms with van der Waals surface area (Å²) in [5.41, 5.74) is 0.829. The zero-order valence-corrected chi connectivity index (χ0v) is 29.1. The number of likely N-dealkylation sites (N-methyl/N-ethyl adjacent to an activating group) is 1. The number of rotatable bonds is 10. The fraction of sp³-hybridized carbons (Fsp3) is 0.743. The van der Waals surface area contributed by atoms with Crippen molar-refractivity contribution in [1.82, 2.24) is 20.0 Å². The average Bonchev–Trinajstić information content (AvgIpc) is 3.02. The number of carbonyl (C=O) groups excluding carboxylic acids is 3. The van der Waals surface area contributed by atoms with E-state index in [-0.39, 0.29) is 48.6 Å². The normalized spacial score (nSPS) is 22.7. The average molecular weight is 646 g/mol. The van der Waals surface area contributed by atoms with Gasteiger partial charge in [0.15, 0.2) is 0 Å². The molecular formula is C35H59N5O6. The van der Waals surface area contributed by atoms with Crippen LogP contribution in [0.25, 0.3) is 0 Å². The van der Waals surface area contributed by atoms with E-state index >= 15 is 0 Å². The van der Waals surface area contributed by atoms with Gasteiger partial charge in [0.1, 0.15) is 5.75 Å². The van der Waals surface area contributed by atoms with Crippen molar-refractivity contribution in [2.75, 3.05) is 59.3 Å². The first-order valence-corrected chi connectivity index (χ1v) is 17.3. The first-order chi connectivity index (χ1) is 22.0. The maximum Gasteiger partial charge on any atom is 0.319 e. The fourth-order valence-electron chi connectivity index (χ4n) is 6.17. The molecule has 260 valence electrons. The Bertz CT molecular complexity index is 1110. The van der Waals surface area contributed by atoms with Gasteiger partial charge in [-0.25, -0.2) is 4.79 Å². The Kier molecular flexibility index (Phi) is 15.6. The van der Waals surface area contributed by atoms with Gasteiger partial charge in [0.25, 0.3) is 5.91 Å². The summed E-state index contributed by atoms with van der Waals surface area (Å²) >= 11 is 0. The molecule has 0 bridgehead atoms. The second-order valence-electron chi connectivity index (χ2n) is 13.6. The van der Waals surface area contributed by atoms with Gasteiger partial charge in [-0.05, 0) is 91.2 Å². The lowest BCUT2D eigenvalue weighted by atomic mass is 9.96. The predicted molar refractivity (Wildman–Crippen MR) is 181 cm³/mol. The highest BCUT2D eigenvalue weighted by atomic mass is 16.5. The number of amides is 4. The minimum absolute atomic E-state index is 0.0705. The summed E-state index contributed by atoms with van der Waals surface area (Å²) in [6, 6.07) is 4.57. The summed E-state index contributed by atoms with van der Waals surface area (Å²) in [6.45, 7) is 7.72. The number of nitrogens with one attached hydrogen (secondary N) is 2. The van der Waals surface area contributed by atoms with Crippen molar-refractivity contribution < 1.29 is 29.0 Å². The first kappa shape index (κ1) is 37.6. The van der Waals surface area contributed by atoms with Crippen molar-refractivity contribution in [3.05, 3.63) is 23.8 Å². The van der Waals surface area contributed by atoms with Crippen LogP contribution < -0.4 is 15.4 Å². The van der Waals surface area contributed by atoms with Crippen LogP contribution in [0.15, 0.2) is 18.2 Å². The lowest BCUT2D eigenvalue weighted by Crippen LogP contribution is -2.48. The van der Waals surface area contributed by atoms with Crippen LogP contribution in [0, 0.1) is 5.92 Å². The molecule has 0 saturated heterocycles. The summed E-state index contributed by atoms with van der Waals surface area (Å²) in [4.78, 5) is 45.6. The Labute approximate surface area is 276 Å². The van der Waals surface area contributed by atoms with Gasteiger partial charge in [-0.2, -0.15) is 0 Å². The van der Waals surface area contributed by atoms with Crippen molar-refractivity contribution >= 4 is 23.5 Å². The molecule has 4 amide bonds. The molecule has 1 aliphatic carbocycles. The Balaban J connectivity index is 1.84. The summed E-state index contributed by atoms with van der Waals surface area (Å²) in [6.07, 6.45) is 8.69. The highest BCUT2D eigenvalue weighted by Gasteiger charge is 2.31. The molecule has 0 spiro atoms. The van der Waals surface area contributed by atoms with Crippen molar-refractivity contribution in [2.45, 2.75) is 109 Å². The van der Waals surface area contributed by atoms with Crippen molar-refractivity contribution in [1.29, 1.82) is 0 Å². The van der Waals surface area contributed by atoms with Crippen LogP contribution in [0.4, 0.5) is 10.5 Å². The van der Waals surface area contributed by atoms with Crippen LogP contribution in [-0.4, -0.2) is 116 Å². The Morgan fingerprint density at radius 2 is 1.78 bits per heavy atom. The van der Waals surface area contributed by atoms with E-state index in [0.29, 0.717) is 43.1 Å². The molecule has 0 radical (unpaired) electrons. The van der Waals surface area contributed by atoms with Crippen LogP contribution in [0.5, 0.6) is 5.75 Å². The second-order valence-corrected chi connectivity index (χ2v) is 13.6. The number of aliphatic hydroxyl groups excluding tert-OH is 1. The van der Waals surface area contributed by atoms with E-state index in [4.69, 9.17) is 9.47 Å². The molecule has 1 aromatic rings. The number of hydrogen-bond acceptors (Lipinski definition) is 7. The topological polar surface area (TPSA) is 124 Å². The monoisotopic (exact) mass is 645 g/mol. The van der Waals surface area contributed by atoms with E-state index in [1.807, 2.05) is 41.9 Å². The first-order valence-electron chi connectivity index (χ1n) is 17.3. The van der Waals surface area contributed by atoms with Gasteiger partial charge in [0, 0.05) is 50.8 Å². The minimum atomic E-state index is -0.481. The second kappa shape index (κ2) is 19.1. The van der Waals surface area contributed by atoms with Crippen LogP contribution in [0.3, 0.4) is 0 Å². The molecule has 0 aromatic heterocycles. The molecule has 46 heavy (non-hydrogen) atoms. The SMILES string of the molecule is C[C@@H]1CCCCO[C@H](CN(C)C(=O)CCCN(C)C)[C@H](C)CN([C@@H](C)CO)C(=O)c2cc(NC(=O)NC3CCCCC3)ccc2O1. The molecule has 0 unspecified atom stereocenters. The Morgan fingerprint density at radius 3 is 2.48 bits per heavy atom. The number of fused-ring (bicyclic) bond motifs is 1. The number of benzene rings is 1. The fourth-order valence-corrected chi connectivity index (χ4v) is 6.17. The molecule has 11 nitrogen and oxygen atoms in total. The van der Waals surface area contributed by atoms with E-state index < -0.39 is 6.04 Å². The molecule has 2 aliphatic rings. The standard InChI is InChI=1S/C35H59N5O6/c1-25-22-40(26(2)24-41)34(43)30-21-29(37-35(44)36-28-14-8-7-9-15-28)17-18-31(30)46-27(3)13-10-11-20-45-32(25)23-39(6)33(42)16-12-19-38(4)5/h17-18,21,25-28,32,41H,7-16,19-20,22-24H2,1-6H3,(H2,36,37,44)/t25-,26+,27-,32-/m1/s1. The van der Waals surface area contributed by atoms with Gasteiger partial charge in [-0.3, -0.25) is 9.59 Å². The molecular weight excluding hydrogens is 586 g/mol. The largest absolute Gasteiger partial charge is 0.490 e. The van der Waals surface area contributed by atoms with Crippen LogP contribution in [0.2, 0.25) is 0 Å². The van der Waals surface area contributed by atoms with Gasteiger partial charge in [-0.15, -0.1) is 0 Å². The van der Waals surface area contributed by atoms with E-state index in [2.05, 4.69) is 15.5 Å². The van der Waals surface area contributed by atoms with Crippen LogP contribution >= 0.6 is 0 Å². The highest BCUT2D eigenvalue weighted by molar-refractivity contribution is 5.99. The molecule has 1 aliphatic heterocycles. The number of carbonyl (C=O) groups is 3. The number of aliphatic hydroxyl groups is 1. The number of urea groups is 1. The van der Waals surface area contributed by atoms with Crippen LogP contribution in [0.1, 0.15) is 95.3 Å². The van der Waals surface area contributed by atoms with Gasteiger partial charge in [0.05, 0.1) is 30.4 Å². The smallest absolute Gasteiger partial charge is 0.319 e. The summed E-state index contributed by atoms with van der Waals surface area (Å²) in [5, 5.41) is 16.2. The molecule has 1 heterocycles. The van der Waals surface area contributed by atoms with Crippen molar-refractivity contribution in [3.63, 3.8) is 0 Å². The number of nitrogens with zero attached hydrogens (tertiary/aromatic N) is 3. The third kappa shape index (κ3) is 12.0. The molecule has 3 rings (SSSR count). The Hall–Kier alpha value is -2.89. The summed E-state index contributed by atoms with van der Waals surface area (Å²) < 4.78 is 12.7.